The van der Waals surface area contributed by atoms with E-state index < -0.39 is 0 Å². The minimum atomic E-state index is 0.288. The third-order valence-electron chi connectivity index (χ3n) is 4.33. The molecule has 1 aliphatic heterocycles. The minimum absolute atomic E-state index is 0.288. The molecule has 130 valence electrons. The Balaban J connectivity index is 1.76. The average Bonchev–Trinajstić information content (AvgIpc) is 3.28. The smallest absolute Gasteiger partial charge is 0.123 e. The van der Waals surface area contributed by atoms with Gasteiger partial charge in [-0.3, -0.25) is 4.90 Å². The zero-order valence-electron chi connectivity index (χ0n) is 14.4. The molecule has 5 nitrogen and oxygen atoms in total. The highest BCUT2D eigenvalue weighted by Crippen LogP contribution is 2.26. The Morgan fingerprint density at radius 2 is 2.08 bits per heavy atom. The Bertz CT molecular complexity index is 620. The molecule has 0 spiro atoms. The second-order valence-electron chi connectivity index (χ2n) is 6.06. The first-order chi connectivity index (χ1) is 11.8. The molecule has 5 heteroatoms. The summed E-state index contributed by atoms with van der Waals surface area (Å²) < 4.78 is 22.2. The zero-order chi connectivity index (χ0) is 16.8. The number of nitrogens with zero attached hydrogens (tertiary/aromatic N) is 1. The van der Waals surface area contributed by atoms with Gasteiger partial charge >= 0.3 is 0 Å². The first-order valence-corrected chi connectivity index (χ1v) is 8.35. The fraction of sp³-hybridized carbons (Fsp3) is 0.474. The molecule has 24 heavy (non-hydrogen) atoms. The second-order valence-corrected chi connectivity index (χ2v) is 6.06. The van der Waals surface area contributed by atoms with Crippen LogP contribution in [0.4, 0.5) is 0 Å². The summed E-state index contributed by atoms with van der Waals surface area (Å²) in [5, 5.41) is 0. The lowest BCUT2D eigenvalue weighted by Crippen LogP contribution is -2.31. The Morgan fingerprint density at radius 1 is 1.17 bits per heavy atom. The van der Waals surface area contributed by atoms with Gasteiger partial charge in [0.05, 0.1) is 33.1 Å². The van der Waals surface area contributed by atoms with E-state index in [0.717, 1.165) is 61.9 Å². The van der Waals surface area contributed by atoms with Crippen molar-refractivity contribution in [2.24, 2.45) is 0 Å². The molecule has 1 atom stereocenters. The molecule has 1 saturated heterocycles. The van der Waals surface area contributed by atoms with E-state index in [1.54, 1.807) is 20.5 Å². The molecule has 0 N–H and O–H groups in total. The zero-order valence-corrected chi connectivity index (χ0v) is 14.4. The van der Waals surface area contributed by atoms with Crippen LogP contribution < -0.4 is 9.47 Å². The summed E-state index contributed by atoms with van der Waals surface area (Å²) in [7, 11) is 3.38. The largest absolute Gasteiger partial charge is 0.497 e. The molecule has 3 rings (SSSR count). The minimum Gasteiger partial charge on any atom is -0.497 e. The van der Waals surface area contributed by atoms with Crippen molar-refractivity contribution < 1.29 is 18.6 Å². The van der Waals surface area contributed by atoms with Crippen molar-refractivity contribution in [1.29, 1.82) is 0 Å². The van der Waals surface area contributed by atoms with Gasteiger partial charge in [0.1, 0.15) is 17.3 Å². The first-order valence-electron chi connectivity index (χ1n) is 8.35. The van der Waals surface area contributed by atoms with Crippen molar-refractivity contribution in [1.82, 2.24) is 4.90 Å². The summed E-state index contributed by atoms with van der Waals surface area (Å²) in [6.45, 7) is 3.23. The van der Waals surface area contributed by atoms with Crippen molar-refractivity contribution in [3.8, 4) is 11.5 Å². The van der Waals surface area contributed by atoms with E-state index in [1.165, 1.54) is 0 Å². The Labute approximate surface area is 143 Å². The normalized spacial score (nSPS) is 17.4. The van der Waals surface area contributed by atoms with Crippen molar-refractivity contribution in [2.45, 2.75) is 32.0 Å². The van der Waals surface area contributed by atoms with E-state index >= 15 is 0 Å². The highest BCUT2D eigenvalue weighted by molar-refractivity contribution is 5.40. The molecule has 1 unspecified atom stereocenters. The van der Waals surface area contributed by atoms with Gasteiger partial charge in [-0.25, -0.2) is 0 Å². The SMILES string of the molecule is COc1ccc(OC)c(CN(Cc2ccco2)CC2CCCO2)c1. The summed E-state index contributed by atoms with van der Waals surface area (Å²) in [5.74, 6) is 2.66. The van der Waals surface area contributed by atoms with Gasteiger partial charge in [-0.05, 0) is 43.2 Å². The molecule has 2 aromatic rings. The maximum Gasteiger partial charge on any atom is 0.123 e. The van der Waals surface area contributed by atoms with Crippen LogP contribution >= 0.6 is 0 Å². The molecular weight excluding hydrogens is 306 g/mol. The van der Waals surface area contributed by atoms with Gasteiger partial charge in [-0.15, -0.1) is 0 Å². The van der Waals surface area contributed by atoms with Crippen molar-refractivity contribution in [2.75, 3.05) is 27.4 Å². The first kappa shape index (κ1) is 16.9. The van der Waals surface area contributed by atoms with Crippen LogP contribution in [0.2, 0.25) is 0 Å². The van der Waals surface area contributed by atoms with Crippen molar-refractivity contribution in [3.05, 3.63) is 47.9 Å². The molecule has 0 radical (unpaired) electrons. The topological polar surface area (TPSA) is 44.1 Å². The van der Waals surface area contributed by atoms with Crippen LogP contribution in [0, 0.1) is 0 Å². The van der Waals surface area contributed by atoms with E-state index in [2.05, 4.69) is 4.90 Å². The summed E-state index contributed by atoms with van der Waals surface area (Å²) in [5.41, 5.74) is 1.10. The fourth-order valence-corrected chi connectivity index (χ4v) is 3.13. The van der Waals surface area contributed by atoms with E-state index in [1.807, 2.05) is 30.3 Å². The Morgan fingerprint density at radius 3 is 2.75 bits per heavy atom. The second kappa shape index (κ2) is 8.22. The lowest BCUT2D eigenvalue weighted by molar-refractivity contribution is 0.0652. The maximum absolute atomic E-state index is 5.81. The van der Waals surface area contributed by atoms with Gasteiger partial charge in [0.15, 0.2) is 0 Å². The summed E-state index contributed by atoms with van der Waals surface area (Å²) in [6.07, 6.45) is 4.26. The third-order valence-corrected chi connectivity index (χ3v) is 4.33. The third kappa shape index (κ3) is 4.30. The lowest BCUT2D eigenvalue weighted by atomic mass is 10.1. The van der Waals surface area contributed by atoms with Gasteiger partial charge in [-0.1, -0.05) is 0 Å². The van der Waals surface area contributed by atoms with E-state index in [9.17, 15) is 0 Å². The number of methoxy groups -OCH3 is 2. The van der Waals surface area contributed by atoms with Gasteiger partial charge in [-0.2, -0.15) is 0 Å². The van der Waals surface area contributed by atoms with Gasteiger partial charge in [0.2, 0.25) is 0 Å². The molecule has 0 amide bonds. The standard InChI is InChI=1S/C19H25NO4/c1-21-16-7-8-19(22-2)15(11-16)12-20(13-17-5-3-9-23-17)14-18-6-4-10-24-18/h3,5,7-9,11,18H,4,6,10,12-14H2,1-2H3. The number of rotatable bonds is 8. The van der Waals surface area contributed by atoms with Crippen LogP contribution in [0.25, 0.3) is 0 Å². The number of benzene rings is 1. The molecule has 1 aromatic carbocycles. The van der Waals surface area contributed by atoms with Crippen LogP contribution in [0.15, 0.2) is 41.0 Å². The highest BCUT2D eigenvalue weighted by atomic mass is 16.5. The molecule has 0 saturated carbocycles. The Kier molecular flexibility index (Phi) is 5.77. The number of furan rings is 1. The molecule has 0 bridgehead atoms. The summed E-state index contributed by atoms with van der Waals surface area (Å²) >= 11 is 0. The van der Waals surface area contributed by atoms with Gasteiger partial charge < -0.3 is 18.6 Å². The van der Waals surface area contributed by atoms with Crippen LogP contribution in [-0.2, 0) is 17.8 Å². The fourth-order valence-electron chi connectivity index (χ4n) is 3.13. The summed E-state index contributed by atoms with van der Waals surface area (Å²) in [6, 6.07) is 9.82. The molecule has 1 fully saturated rings. The van der Waals surface area contributed by atoms with Crippen molar-refractivity contribution >= 4 is 0 Å². The van der Waals surface area contributed by atoms with E-state index in [-0.39, 0.29) is 6.10 Å². The average molecular weight is 331 g/mol. The predicted octanol–water partition coefficient (Wildman–Crippen LogP) is 3.48. The van der Waals surface area contributed by atoms with Crippen molar-refractivity contribution in [3.63, 3.8) is 0 Å². The summed E-state index contributed by atoms with van der Waals surface area (Å²) in [4.78, 5) is 2.34. The molecule has 1 aliphatic rings. The Hall–Kier alpha value is -1.98. The van der Waals surface area contributed by atoms with E-state index in [4.69, 9.17) is 18.6 Å². The van der Waals surface area contributed by atoms with Gasteiger partial charge in [0.25, 0.3) is 0 Å². The molecule has 2 heterocycles. The van der Waals surface area contributed by atoms with E-state index in [0.29, 0.717) is 0 Å². The van der Waals surface area contributed by atoms with Crippen LogP contribution in [0.1, 0.15) is 24.2 Å². The number of ether oxygens (including phenoxy) is 3. The quantitative estimate of drug-likeness (QED) is 0.741. The number of hydrogen-bond acceptors (Lipinski definition) is 5. The molecule has 1 aromatic heterocycles. The number of hydrogen-bond donors (Lipinski definition) is 0. The molecule has 0 aliphatic carbocycles. The predicted molar refractivity (Wildman–Crippen MR) is 91.3 cm³/mol. The maximum atomic E-state index is 5.81. The monoisotopic (exact) mass is 331 g/mol. The lowest BCUT2D eigenvalue weighted by Gasteiger charge is -2.25. The van der Waals surface area contributed by atoms with Gasteiger partial charge in [0, 0.05) is 25.3 Å². The molecular formula is C19H25NO4. The highest BCUT2D eigenvalue weighted by Gasteiger charge is 2.21. The van der Waals surface area contributed by atoms with Crippen LogP contribution in [0.3, 0.4) is 0 Å². The van der Waals surface area contributed by atoms with Crippen LogP contribution in [-0.4, -0.2) is 38.4 Å². The van der Waals surface area contributed by atoms with Crippen LogP contribution in [0.5, 0.6) is 11.5 Å².